The average Bonchev–Trinajstić information content (AvgIpc) is 3.07. The van der Waals surface area contributed by atoms with Crippen LogP contribution in [0.25, 0.3) is 6.08 Å². The van der Waals surface area contributed by atoms with Crippen molar-refractivity contribution in [2.75, 3.05) is 12.9 Å². The van der Waals surface area contributed by atoms with Crippen LogP contribution in [0.3, 0.4) is 0 Å². The van der Waals surface area contributed by atoms with Gasteiger partial charge in [-0.3, -0.25) is 9.79 Å². The maximum atomic E-state index is 12.3. The number of nitrogens with one attached hydrogen (secondary N) is 2. The van der Waals surface area contributed by atoms with Gasteiger partial charge in [0, 0.05) is 29.8 Å². The first kappa shape index (κ1) is 28.3. The van der Waals surface area contributed by atoms with Crippen molar-refractivity contribution >= 4 is 30.5 Å². The second-order valence-electron chi connectivity index (χ2n) is 7.62. The largest absolute Gasteiger partial charge is 0.487 e. The predicted molar refractivity (Wildman–Crippen MR) is 133 cm³/mol. The number of aromatic amines is 1. The molecule has 1 amide bonds. The Bertz CT molecular complexity index is 857. The average molecular weight is 445 g/mol. The molecule has 0 radical (unpaired) electrons. The lowest BCUT2D eigenvalue weighted by Gasteiger charge is -2.21. The van der Waals surface area contributed by atoms with Crippen LogP contribution in [-0.2, 0) is 16.1 Å². The van der Waals surface area contributed by atoms with Crippen LogP contribution in [0.2, 0.25) is 0 Å². The third kappa shape index (κ3) is 10.2. The number of allylic oxidation sites excluding steroid dienone is 1. The van der Waals surface area contributed by atoms with Crippen LogP contribution in [0.15, 0.2) is 40.1 Å². The number of nitriles is 1. The summed E-state index contributed by atoms with van der Waals surface area (Å²) in [6, 6.07) is 3.78. The molecule has 0 aliphatic heterocycles. The summed E-state index contributed by atoms with van der Waals surface area (Å²) < 4.78 is 5.89. The molecule has 0 atom stereocenters. The molecule has 2 N–H and O–H groups in total. The monoisotopic (exact) mass is 444 g/mol. The van der Waals surface area contributed by atoms with Crippen molar-refractivity contribution in [2.45, 2.75) is 54.5 Å². The van der Waals surface area contributed by atoms with E-state index in [0.29, 0.717) is 18.9 Å². The van der Waals surface area contributed by atoms with Gasteiger partial charge in [-0.1, -0.05) is 27.4 Å². The second-order valence-corrected chi connectivity index (χ2v) is 8.32. The van der Waals surface area contributed by atoms with Crippen molar-refractivity contribution in [3.05, 3.63) is 52.0 Å². The zero-order valence-electron chi connectivity index (χ0n) is 19.9. The third-order valence-corrected chi connectivity index (χ3v) is 5.09. The standard InChI is InChI=1S/C22H33N3O2S.C2H3N/c1-9-22(5,6)21(26)24-12-17-10-16(4)19(25-17)11-20(15(2)3)27-13-18(23-7)14-28-8;1-2-3/h10-11,14,25H,2,7,9,12-13H2,1,3-6,8H3,(H,24,26);1H3/b18-14-,20-11+;. The van der Waals surface area contributed by atoms with Crippen LogP contribution >= 0.6 is 11.8 Å². The van der Waals surface area contributed by atoms with E-state index in [2.05, 4.69) is 28.6 Å². The summed E-state index contributed by atoms with van der Waals surface area (Å²) in [5.41, 5.74) is 4.17. The molecule has 1 rings (SSSR count). The van der Waals surface area contributed by atoms with Gasteiger partial charge in [-0.2, -0.15) is 5.26 Å². The normalized spacial score (nSPS) is 11.7. The van der Waals surface area contributed by atoms with Crippen LogP contribution in [0.1, 0.15) is 58.0 Å². The molecular formula is C24H36N4O2S. The first-order valence-corrected chi connectivity index (χ1v) is 11.3. The van der Waals surface area contributed by atoms with Gasteiger partial charge in [0.1, 0.15) is 12.4 Å². The molecule has 1 heterocycles. The molecule has 0 unspecified atom stereocenters. The first-order valence-electron chi connectivity index (χ1n) is 10.0. The quantitative estimate of drug-likeness (QED) is 0.258. The predicted octanol–water partition coefficient (Wildman–Crippen LogP) is 5.74. The highest BCUT2D eigenvalue weighted by atomic mass is 32.2. The van der Waals surface area contributed by atoms with Crippen molar-refractivity contribution in [2.24, 2.45) is 10.4 Å². The van der Waals surface area contributed by atoms with Crippen molar-refractivity contribution in [3.8, 4) is 6.07 Å². The van der Waals surface area contributed by atoms with E-state index in [0.717, 1.165) is 34.6 Å². The van der Waals surface area contributed by atoms with Gasteiger partial charge < -0.3 is 15.0 Å². The van der Waals surface area contributed by atoms with E-state index < -0.39 is 0 Å². The summed E-state index contributed by atoms with van der Waals surface area (Å²) in [7, 11) is 0. The highest BCUT2D eigenvalue weighted by Gasteiger charge is 2.24. The van der Waals surface area contributed by atoms with Gasteiger partial charge in [0.05, 0.1) is 18.3 Å². The summed E-state index contributed by atoms with van der Waals surface area (Å²) in [5.74, 6) is 0.735. The molecule has 6 nitrogen and oxygen atoms in total. The Morgan fingerprint density at radius 1 is 1.48 bits per heavy atom. The molecule has 0 saturated heterocycles. The summed E-state index contributed by atoms with van der Waals surface area (Å²) in [6.07, 6.45) is 4.69. The van der Waals surface area contributed by atoms with E-state index in [1.165, 1.54) is 6.92 Å². The third-order valence-electron chi connectivity index (χ3n) is 4.58. The molecule has 31 heavy (non-hydrogen) atoms. The molecule has 0 saturated carbocycles. The van der Waals surface area contributed by atoms with Crippen molar-refractivity contribution < 1.29 is 9.53 Å². The number of amides is 1. The van der Waals surface area contributed by atoms with Crippen LogP contribution in [-0.4, -0.2) is 30.5 Å². The topological polar surface area (TPSA) is 90.3 Å². The van der Waals surface area contributed by atoms with Gasteiger partial charge in [-0.25, -0.2) is 0 Å². The number of hydrogen-bond acceptors (Lipinski definition) is 5. The van der Waals surface area contributed by atoms with Gasteiger partial charge in [-0.05, 0) is 55.9 Å². The van der Waals surface area contributed by atoms with Crippen LogP contribution < -0.4 is 5.32 Å². The Kier molecular flexibility index (Phi) is 13.1. The molecule has 0 aliphatic rings. The van der Waals surface area contributed by atoms with Gasteiger partial charge in [0.25, 0.3) is 0 Å². The number of rotatable bonds is 11. The molecule has 0 aromatic carbocycles. The summed E-state index contributed by atoms with van der Waals surface area (Å²) in [6.45, 7) is 19.6. The number of aromatic nitrogens is 1. The maximum Gasteiger partial charge on any atom is 0.225 e. The maximum absolute atomic E-state index is 12.3. The SMILES string of the molecule is C=N/C(=C\SC)CO/C(=C/c1[nH]c(CNC(=O)C(C)(C)CC)cc1C)C(=C)C.CC#N. The Morgan fingerprint density at radius 2 is 2.10 bits per heavy atom. The van der Waals surface area contributed by atoms with E-state index in [1.54, 1.807) is 17.8 Å². The Labute approximate surface area is 191 Å². The summed E-state index contributed by atoms with van der Waals surface area (Å²) >= 11 is 1.56. The minimum absolute atomic E-state index is 0.0512. The van der Waals surface area contributed by atoms with E-state index in [4.69, 9.17) is 10.00 Å². The van der Waals surface area contributed by atoms with E-state index in [-0.39, 0.29) is 11.3 Å². The van der Waals surface area contributed by atoms with E-state index in [1.807, 2.05) is 58.4 Å². The summed E-state index contributed by atoms with van der Waals surface area (Å²) in [4.78, 5) is 19.6. The minimum Gasteiger partial charge on any atom is -0.487 e. The zero-order valence-corrected chi connectivity index (χ0v) is 20.7. The van der Waals surface area contributed by atoms with E-state index in [9.17, 15) is 4.79 Å². The molecule has 170 valence electrons. The number of aliphatic imine (C=N–C) groups is 1. The van der Waals surface area contributed by atoms with Crippen LogP contribution in [0.5, 0.6) is 0 Å². The number of H-pyrrole nitrogens is 1. The molecule has 1 aromatic heterocycles. The lowest BCUT2D eigenvalue weighted by molar-refractivity contribution is -0.129. The number of hydrogen-bond donors (Lipinski definition) is 2. The smallest absolute Gasteiger partial charge is 0.225 e. The van der Waals surface area contributed by atoms with E-state index >= 15 is 0 Å². The fourth-order valence-corrected chi connectivity index (χ4v) is 2.71. The highest BCUT2D eigenvalue weighted by Crippen LogP contribution is 2.21. The van der Waals surface area contributed by atoms with Gasteiger partial charge >= 0.3 is 0 Å². The van der Waals surface area contributed by atoms with Crippen molar-refractivity contribution in [3.63, 3.8) is 0 Å². The number of nitrogens with zero attached hydrogens (tertiary/aromatic N) is 2. The van der Waals surface area contributed by atoms with Gasteiger partial charge in [-0.15, -0.1) is 11.8 Å². The lowest BCUT2D eigenvalue weighted by Crippen LogP contribution is -2.36. The number of thioether (sulfide) groups is 1. The molecule has 0 spiro atoms. The fourth-order valence-electron chi connectivity index (χ4n) is 2.29. The second kappa shape index (κ2) is 14.3. The fraction of sp³-hybridized carbons (Fsp3) is 0.458. The Balaban J connectivity index is 0.00000282. The first-order chi connectivity index (χ1) is 14.6. The Hall–Kier alpha value is -2.72. The molecule has 7 heteroatoms. The molecule has 0 aliphatic carbocycles. The molecule has 0 bridgehead atoms. The van der Waals surface area contributed by atoms with Crippen LogP contribution in [0.4, 0.5) is 0 Å². The van der Waals surface area contributed by atoms with Crippen molar-refractivity contribution in [1.82, 2.24) is 10.3 Å². The van der Waals surface area contributed by atoms with Crippen LogP contribution in [0, 0.1) is 23.7 Å². The lowest BCUT2D eigenvalue weighted by atomic mass is 9.89. The van der Waals surface area contributed by atoms with Crippen molar-refractivity contribution in [1.29, 1.82) is 5.26 Å². The minimum atomic E-state index is -0.369. The molecular weight excluding hydrogens is 408 g/mol. The number of carbonyl (C=O) groups is 1. The number of ether oxygens (including phenoxy) is 1. The number of aryl methyl sites for hydroxylation is 1. The van der Waals surface area contributed by atoms with Gasteiger partial charge in [0.15, 0.2) is 0 Å². The summed E-state index contributed by atoms with van der Waals surface area (Å²) in [5, 5.41) is 12.2. The highest BCUT2D eigenvalue weighted by molar-refractivity contribution is 8.01. The number of carbonyl (C=O) groups excluding carboxylic acids is 1. The zero-order chi connectivity index (χ0) is 24.0. The van der Waals surface area contributed by atoms with Gasteiger partial charge in [0.2, 0.25) is 5.91 Å². The Morgan fingerprint density at radius 3 is 2.58 bits per heavy atom. The molecule has 0 fully saturated rings. The molecule has 1 aromatic rings.